The number of oxime groups is 1. The Morgan fingerprint density at radius 3 is 2.60 bits per heavy atom. The number of para-hydroxylation sites is 1. The van der Waals surface area contributed by atoms with Gasteiger partial charge in [0.25, 0.3) is 0 Å². The van der Waals surface area contributed by atoms with Crippen LogP contribution in [-0.4, -0.2) is 5.71 Å². The summed E-state index contributed by atoms with van der Waals surface area (Å²) in [4.78, 5) is 5.53. The van der Waals surface area contributed by atoms with Crippen LogP contribution in [0, 0.1) is 0 Å². The number of rotatable bonds is 2. The molecule has 98 valence electrons. The van der Waals surface area contributed by atoms with Gasteiger partial charge in [0.15, 0.2) is 11.9 Å². The van der Waals surface area contributed by atoms with E-state index in [4.69, 9.17) is 9.25 Å². The first-order valence-electron chi connectivity index (χ1n) is 6.67. The first kappa shape index (κ1) is 11.3. The monoisotopic (exact) mass is 263 g/mol. The van der Waals surface area contributed by atoms with Gasteiger partial charge < -0.3 is 9.25 Å². The third kappa shape index (κ3) is 1.88. The van der Waals surface area contributed by atoms with Crippen molar-refractivity contribution in [1.29, 1.82) is 0 Å². The first-order chi connectivity index (χ1) is 9.90. The van der Waals surface area contributed by atoms with Crippen LogP contribution in [0.5, 0.6) is 0 Å². The molecule has 1 aliphatic rings. The summed E-state index contributed by atoms with van der Waals surface area (Å²) in [6.07, 6.45) is 0.725. The molecule has 0 aliphatic carbocycles. The summed E-state index contributed by atoms with van der Waals surface area (Å²) in [5.41, 5.74) is 2.89. The summed E-state index contributed by atoms with van der Waals surface area (Å²) in [7, 11) is 0. The average Bonchev–Trinajstić information content (AvgIpc) is 3.14. The van der Waals surface area contributed by atoms with E-state index in [1.54, 1.807) is 0 Å². The van der Waals surface area contributed by atoms with E-state index in [-0.39, 0.29) is 6.10 Å². The van der Waals surface area contributed by atoms with Gasteiger partial charge in [-0.3, -0.25) is 0 Å². The lowest BCUT2D eigenvalue weighted by Crippen LogP contribution is -2.00. The molecule has 4 rings (SSSR count). The molecular weight excluding hydrogens is 250 g/mol. The molecule has 1 aromatic heterocycles. The van der Waals surface area contributed by atoms with Crippen molar-refractivity contribution in [3.8, 4) is 0 Å². The van der Waals surface area contributed by atoms with Crippen molar-refractivity contribution in [2.24, 2.45) is 5.16 Å². The maximum absolute atomic E-state index is 5.83. The fourth-order valence-electron chi connectivity index (χ4n) is 2.49. The van der Waals surface area contributed by atoms with Crippen molar-refractivity contribution in [1.82, 2.24) is 0 Å². The summed E-state index contributed by atoms with van der Waals surface area (Å²) in [5.74, 6) is 0.796. The van der Waals surface area contributed by atoms with Gasteiger partial charge in [-0.05, 0) is 17.7 Å². The third-order valence-electron chi connectivity index (χ3n) is 3.55. The van der Waals surface area contributed by atoms with Crippen LogP contribution in [0.15, 0.2) is 70.2 Å². The molecule has 1 aliphatic heterocycles. The summed E-state index contributed by atoms with van der Waals surface area (Å²) >= 11 is 0. The Morgan fingerprint density at radius 2 is 1.75 bits per heavy atom. The predicted octanol–water partition coefficient (Wildman–Crippen LogP) is 4.30. The van der Waals surface area contributed by atoms with Crippen LogP contribution >= 0.6 is 0 Å². The van der Waals surface area contributed by atoms with Gasteiger partial charge in [0, 0.05) is 11.8 Å². The van der Waals surface area contributed by atoms with E-state index < -0.39 is 0 Å². The van der Waals surface area contributed by atoms with E-state index in [9.17, 15) is 0 Å². The van der Waals surface area contributed by atoms with Crippen LogP contribution < -0.4 is 0 Å². The van der Waals surface area contributed by atoms with Crippen LogP contribution in [-0.2, 0) is 4.84 Å². The quantitative estimate of drug-likeness (QED) is 0.691. The molecule has 3 heteroatoms. The number of furan rings is 1. The number of hydrogen-bond donors (Lipinski definition) is 0. The van der Waals surface area contributed by atoms with Gasteiger partial charge in [-0.15, -0.1) is 0 Å². The lowest BCUT2D eigenvalue weighted by molar-refractivity contribution is 0.0857. The van der Waals surface area contributed by atoms with Crippen molar-refractivity contribution < 1.29 is 9.25 Å². The number of hydrogen-bond acceptors (Lipinski definition) is 3. The van der Waals surface area contributed by atoms with E-state index in [0.29, 0.717) is 0 Å². The molecule has 1 atom stereocenters. The molecule has 2 heterocycles. The number of nitrogens with zero attached hydrogens (tertiary/aromatic N) is 1. The molecule has 2 aromatic carbocycles. The third-order valence-corrected chi connectivity index (χ3v) is 3.55. The highest BCUT2D eigenvalue weighted by molar-refractivity contribution is 6.02. The van der Waals surface area contributed by atoms with Crippen LogP contribution in [0.1, 0.15) is 23.8 Å². The Balaban J connectivity index is 1.61. The van der Waals surface area contributed by atoms with Crippen molar-refractivity contribution in [3.63, 3.8) is 0 Å². The van der Waals surface area contributed by atoms with E-state index in [1.165, 1.54) is 0 Å². The van der Waals surface area contributed by atoms with Crippen molar-refractivity contribution in [3.05, 3.63) is 72.0 Å². The zero-order chi connectivity index (χ0) is 13.4. The summed E-state index contributed by atoms with van der Waals surface area (Å²) in [5, 5.41) is 5.27. The summed E-state index contributed by atoms with van der Waals surface area (Å²) in [6.45, 7) is 0. The maximum Gasteiger partial charge on any atom is 0.158 e. The van der Waals surface area contributed by atoms with Gasteiger partial charge in [0.1, 0.15) is 11.3 Å². The molecular formula is C17H13NO2. The molecule has 0 radical (unpaired) electrons. The Hall–Kier alpha value is -2.55. The summed E-state index contributed by atoms with van der Waals surface area (Å²) < 4.78 is 5.83. The van der Waals surface area contributed by atoms with E-state index in [0.717, 1.165) is 34.4 Å². The first-order valence-corrected chi connectivity index (χ1v) is 6.67. The molecule has 3 nitrogen and oxygen atoms in total. The predicted molar refractivity (Wildman–Crippen MR) is 77.6 cm³/mol. The Bertz CT molecular complexity index is 741. The van der Waals surface area contributed by atoms with Gasteiger partial charge in [-0.2, -0.15) is 0 Å². The minimum atomic E-state index is -0.0144. The molecule has 20 heavy (non-hydrogen) atoms. The minimum Gasteiger partial charge on any atom is -0.455 e. The molecule has 1 unspecified atom stereocenters. The van der Waals surface area contributed by atoms with Gasteiger partial charge in [0.2, 0.25) is 0 Å². The highest BCUT2D eigenvalue weighted by Crippen LogP contribution is 2.31. The fraction of sp³-hybridized carbons (Fsp3) is 0.118. The molecule has 0 N–H and O–H groups in total. The maximum atomic E-state index is 5.83. The van der Waals surface area contributed by atoms with Crippen LogP contribution in [0.4, 0.5) is 0 Å². The minimum absolute atomic E-state index is 0.0144. The molecule has 0 bridgehead atoms. The van der Waals surface area contributed by atoms with Crippen LogP contribution in [0.3, 0.4) is 0 Å². The topological polar surface area (TPSA) is 34.7 Å². The van der Waals surface area contributed by atoms with E-state index in [2.05, 4.69) is 17.3 Å². The normalized spacial score (nSPS) is 18.0. The van der Waals surface area contributed by atoms with Gasteiger partial charge >= 0.3 is 0 Å². The molecule has 0 amide bonds. The van der Waals surface area contributed by atoms with E-state index in [1.807, 2.05) is 48.5 Å². The van der Waals surface area contributed by atoms with Crippen LogP contribution in [0.2, 0.25) is 0 Å². The SMILES string of the molecule is c1ccc(C2CC(c3cc4ccccc4o3)=NO2)cc1. The Kier molecular flexibility index (Phi) is 2.56. The van der Waals surface area contributed by atoms with Gasteiger partial charge in [-0.25, -0.2) is 0 Å². The number of fused-ring (bicyclic) bond motifs is 1. The zero-order valence-corrected chi connectivity index (χ0v) is 10.8. The standard InChI is InChI=1S/C17H13NO2/c1-2-6-12(7-3-1)16-11-14(18-20-16)17-10-13-8-4-5-9-15(13)19-17/h1-10,16H,11H2. The zero-order valence-electron chi connectivity index (χ0n) is 10.8. The van der Waals surface area contributed by atoms with Gasteiger partial charge in [0.05, 0.1) is 0 Å². The molecule has 0 saturated heterocycles. The second kappa shape index (κ2) is 4.53. The van der Waals surface area contributed by atoms with Crippen molar-refractivity contribution in [2.45, 2.75) is 12.5 Å². The molecule has 0 spiro atoms. The molecule has 3 aromatic rings. The second-order valence-corrected chi connectivity index (χ2v) is 4.90. The van der Waals surface area contributed by atoms with Gasteiger partial charge in [-0.1, -0.05) is 53.7 Å². The Morgan fingerprint density at radius 1 is 0.950 bits per heavy atom. The van der Waals surface area contributed by atoms with Crippen LogP contribution in [0.25, 0.3) is 11.0 Å². The largest absolute Gasteiger partial charge is 0.455 e. The number of benzene rings is 2. The fourth-order valence-corrected chi connectivity index (χ4v) is 2.49. The average molecular weight is 263 g/mol. The van der Waals surface area contributed by atoms with E-state index >= 15 is 0 Å². The lowest BCUT2D eigenvalue weighted by atomic mass is 10.0. The summed E-state index contributed by atoms with van der Waals surface area (Å²) in [6, 6.07) is 20.1. The molecule has 0 fully saturated rings. The Labute approximate surface area is 116 Å². The molecule has 0 saturated carbocycles. The highest BCUT2D eigenvalue weighted by Gasteiger charge is 2.25. The van der Waals surface area contributed by atoms with Crippen molar-refractivity contribution >= 4 is 16.7 Å². The smallest absolute Gasteiger partial charge is 0.158 e. The second-order valence-electron chi connectivity index (χ2n) is 4.90. The van der Waals surface area contributed by atoms with Crippen molar-refractivity contribution in [2.75, 3.05) is 0 Å². The highest BCUT2D eigenvalue weighted by atomic mass is 16.6. The lowest BCUT2D eigenvalue weighted by Gasteiger charge is -2.06.